The summed E-state index contributed by atoms with van der Waals surface area (Å²) in [6, 6.07) is 9.40. The van der Waals surface area contributed by atoms with Gasteiger partial charge in [-0.1, -0.05) is 37.6 Å². The molecule has 0 radical (unpaired) electrons. The third-order valence-electron chi connectivity index (χ3n) is 5.85. The monoisotopic (exact) mass is 460 g/mol. The summed E-state index contributed by atoms with van der Waals surface area (Å²) >= 11 is 0. The van der Waals surface area contributed by atoms with Crippen molar-refractivity contribution in [3.05, 3.63) is 42.2 Å². The third kappa shape index (κ3) is 6.04. The Bertz CT molecular complexity index is 1050. The second kappa shape index (κ2) is 10.9. The van der Waals surface area contributed by atoms with Crippen LogP contribution < -0.4 is 5.32 Å². The first-order valence-electron chi connectivity index (χ1n) is 11.2. The normalized spacial score (nSPS) is 15.6. The SMILES string of the molecule is CCCCS(=O)(=O)N1CCC(N(CCNC(C)=O)C(=O)c2cc3ccccc3cn2)CC1. The Morgan fingerprint density at radius 1 is 1.19 bits per heavy atom. The molecule has 0 spiro atoms. The van der Waals surface area contributed by atoms with Gasteiger partial charge in [0.05, 0.1) is 5.75 Å². The van der Waals surface area contributed by atoms with Crippen LogP contribution in [-0.4, -0.2) is 72.4 Å². The standard InChI is InChI=1S/C23H32N4O4S/c1-3-4-15-32(30,31)26-12-9-21(10-13-26)27(14-11-24-18(2)28)23(29)22-16-19-7-5-6-8-20(19)17-25-22/h5-8,16-17,21H,3-4,9-15H2,1-2H3,(H,24,28). The largest absolute Gasteiger partial charge is 0.355 e. The van der Waals surface area contributed by atoms with Crippen LogP contribution in [0.2, 0.25) is 0 Å². The molecule has 1 fully saturated rings. The highest BCUT2D eigenvalue weighted by molar-refractivity contribution is 7.89. The van der Waals surface area contributed by atoms with Crippen molar-refractivity contribution in [1.82, 2.24) is 19.5 Å². The molecule has 3 rings (SSSR count). The summed E-state index contributed by atoms with van der Waals surface area (Å²) in [6.07, 6.45) is 4.30. The Kier molecular flexibility index (Phi) is 8.20. The Hall–Kier alpha value is -2.52. The van der Waals surface area contributed by atoms with Gasteiger partial charge in [0.1, 0.15) is 5.69 Å². The molecule has 2 amide bonds. The molecule has 1 aromatic carbocycles. The average molecular weight is 461 g/mol. The number of pyridine rings is 1. The predicted octanol–water partition coefficient (Wildman–Crippen LogP) is 2.41. The van der Waals surface area contributed by atoms with E-state index in [1.54, 1.807) is 21.5 Å². The van der Waals surface area contributed by atoms with Crippen molar-refractivity contribution in [1.29, 1.82) is 0 Å². The number of amides is 2. The molecule has 0 saturated carbocycles. The van der Waals surface area contributed by atoms with Crippen molar-refractivity contribution in [2.24, 2.45) is 0 Å². The lowest BCUT2D eigenvalue weighted by Gasteiger charge is -2.38. The number of fused-ring (bicyclic) bond motifs is 1. The number of benzene rings is 1. The molecule has 2 heterocycles. The second-order valence-electron chi connectivity index (χ2n) is 8.20. The average Bonchev–Trinajstić information content (AvgIpc) is 2.80. The lowest BCUT2D eigenvalue weighted by molar-refractivity contribution is -0.119. The highest BCUT2D eigenvalue weighted by Crippen LogP contribution is 2.22. The first-order valence-corrected chi connectivity index (χ1v) is 12.8. The van der Waals surface area contributed by atoms with E-state index in [-0.39, 0.29) is 23.6 Å². The van der Waals surface area contributed by atoms with Gasteiger partial charge < -0.3 is 10.2 Å². The van der Waals surface area contributed by atoms with Crippen molar-refractivity contribution >= 4 is 32.6 Å². The van der Waals surface area contributed by atoms with Gasteiger partial charge in [0.15, 0.2) is 0 Å². The number of sulfonamides is 1. The number of rotatable bonds is 9. The van der Waals surface area contributed by atoms with E-state index in [0.717, 1.165) is 17.2 Å². The molecular formula is C23H32N4O4S. The fourth-order valence-corrected chi connectivity index (χ4v) is 5.72. The quantitative estimate of drug-likeness (QED) is 0.619. The molecule has 32 heavy (non-hydrogen) atoms. The maximum absolute atomic E-state index is 13.4. The van der Waals surface area contributed by atoms with E-state index in [4.69, 9.17) is 0 Å². The van der Waals surface area contributed by atoms with Crippen molar-refractivity contribution in [3.63, 3.8) is 0 Å². The van der Waals surface area contributed by atoms with Crippen LogP contribution in [0.15, 0.2) is 36.5 Å². The lowest BCUT2D eigenvalue weighted by atomic mass is 10.0. The minimum Gasteiger partial charge on any atom is -0.355 e. The molecule has 9 heteroatoms. The van der Waals surface area contributed by atoms with Crippen molar-refractivity contribution in [2.75, 3.05) is 31.9 Å². The molecular weight excluding hydrogens is 428 g/mol. The molecule has 1 saturated heterocycles. The zero-order valence-electron chi connectivity index (χ0n) is 18.8. The number of nitrogens with one attached hydrogen (secondary N) is 1. The fourth-order valence-electron chi connectivity index (χ4n) is 4.04. The number of hydrogen-bond acceptors (Lipinski definition) is 5. The van der Waals surface area contributed by atoms with E-state index < -0.39 is 10.0 Å². The highest BCUT2D eigenvalue weighted by atomic mass is 32.2. The Morgan fingerprint density at radius 2 is 1.88 bits per heavy atom. The summed E-state index contributed by atoms with van der Waals surface area (Å²) in [5.41, 5.74) is 0.351. The van der Waals surface area contributed by atoms with Crippen LogP contribution in [0.5, 0.6) is 0 Å². The number of unbranched alkanes of at least 4 members (excludes halogenated alkanes) is 1. The molecule has 174 valence electrons. The van der Waals surface area contributed by atoms with Gasteiger partial charge in [0.2, 0.25) is 15.9 Å². The van der Waals surface area contributed by atoms with E-state index in [0.29, 0.717) is 51.1 Å². The zero-order valence-corrected chi connectivity index (χ0v) is 19.6. The van der Waals surface area contributed by atoms with Crippen LogP contribution in [-0.2, 0) is 14.8 Å². The van der Waals surface area contributed by atoms with Gasteiger partial charge >= 0.3 is 0 Å². The first-order chi connectivity index (χ1) is 15.3. The Balaban J connectivity index is 1.75. The summed E-state index contributed by atoms with van der Waals surface area (Å²) in [7, 11) is -3.26. The fraction of sp³-hybridized carbons (Fsp3) is 0.522. The summed E-state index contributed by atoms with van der Waals surface area (Å²) in [6.45, 7) is 4.89. The highest BCUT2D eigenvalue weighted by Gasteiger charge is 2.33. The summed E-state index contributed by atoms with van der Waals surface area (Å²) in [5, 5.41) is 4.64. The maximum Gasteiger partial charge on any atom is 0.272 e. The van der Waals surface area contributed by atoms with E-state index in [1.807, 2.05) is 31.2 Å². The molecule has 1 aromatic heterocycles. The van der Waals surface area contributed by atoms with Gasteiger partial charge in [-0.15, -0.1) is 0 Å². The van der Waals surface area contributed by atoms with Gasteiger partial charge in [-0.05, 0) is 30.7 Å². The Labute approximate surface area is 190 Å². The van der Waals surface area contributed by atoms with Gasteiger partial charge in [-0.2, -0.15) is 0 Å². The minimum atomic E-state index is -3.26. The molecule has 1 aliphatic heterocycles. The van der Waals surface area contributed by atoms with Crippen LogP contribution in [0.4, 0.5) is 0 Å². The van der Waals surface area contributed by atoms with Gasteiger partial charge in [0, 0.05) is 50.7 Å². The lowest BCUT2D eigenvalue weighted by Crippen LogP contribution is -2.51. The maximum atomic E-state index is 13.4. The van der Waals surface area contributed by atoms with Crippen LogP contribution >= 0.6 is 0 Å². The third-order valence-corrected chi connectivity index (χ3v) is 7.81. The zero-order chi connectivity index (χ0) is 23.1. The van der Waals surface area contributed by atoms with Crippen LogP contribution in [0.1, 0.15) is 50.0 Å². The van der Waals surface area contributed by atoms with Gasteiger partial charge in [-0.3, -0.25) is 14.6 Å². The molecule has 1 aliphatic rings. The molecule has 0 bridgehead atoms. The Morgan fingerprint density at radius 3 is 2.53 bits per heavy atom. The molecule has 1 N–H and O–H groups in total. The minimum absolute atomic E-state index is 0.109. The molecule has 0 aliphatic carbocycles. The second-order valence-corrected chi connectivity index (χ2v) is 10.3. The van der Waals surface area contributed by atoms with Crippen LogP contribution in [0.25, 0.3) is 10.8 Å². The molecule has 8 nitrogen and oxygen atoms in total. The summed E-state index contributed by atoms with van der Waals surface area (Å²) < 4.78 is 26.6. The number of aromatic nitrogens is 1. The number of hydrogen-bond donors (Lipinski definition) is 1. The van der Waals surface area contributed by atoms with Crippen molar-refractivity contribution in [2.45, 2.75) is 45.6 Å². The number of carbonyl (C=O) groups excluding carboxylic acids is 2. The van der Waals surface area contributed by atoms with Gasteiger partial charge in [-0.25, -0.2) is 12.7 Å². The number of piperidine rings is 1. The predicted molar refractivity (Wildman–Crippen MR) is 125 cm³/mol. The molecule has 0 atom stereocenters. The summed E-state index contributed by atoms with van der Waals surface area (Å²) in [5.74, 6) is -0.188. The van der Waals surface area contributed by atoms with Crippen LogP contribution in [0, 0.1) is 0 Å². The topological polar surface area (TPSA) is 99.7 Å². The van der Waals surface area contributed by atoms with Crippen molar-refractivity contribution in [3.8, 4) is 0 Å². The number of nitrogens with zero attached hydrogens (tertiary/aromatic N) is 3. The summed E-state index contributed by atoms with van der Waals surface area (Å²) in [4.78, 5) is 30.8. The van der Waals surface area contributed by atoms with E-state index >= 15 is 0 Å². The first kappa shape index (κ1) is 24.1. The van der Waals surface area contributed by atoms with E-state index in [9.17, 15) is 18.0 Å². The smallest absolute Gasteiger partial charge is 0.272 e. The van der Waals surface area contributed by atoms with E-state index in [2.05, 4.69) is 10.3 Å². The van der Waals surface area contributed by atoms with Crippen molar-refractivity contribution < 1.29 is 18.0 Å². The molecule has 0 unspecified atom stereocenters. The van der Waals surface area contributed by atoms with Gasteiger partial charge in [0.25, 0.3) is 5.91 Å². The van der Waals surface area contributed by atoms with Crippen LogP contribution in [0.3, 0.4) is 0 Å². The van der Waals surface area contributed by atoms with E-state index in [1.165, 1.54) is 6.92 Å². The number of carbonyl (C=O) groups is 2. The molecule has 2 aromatic rings.